The van der Waals surface area contributed by atoms with Crippen molar-refractivity contribution in [3.05, 3.63) is 56.8 Å². The van der Waals surface area contributed by atoms with Crippen LogP contribution in [-0.2, 0) is 13.2 Å². The molecule has 140 valence electrons. The lowest BCUT2D eigenvalue weighted by atomic mass is 10.2. The maximum absolute atomic E-state index is 6.24. The van der Waals surface area contributed by atoms with Crippen molar-refractivity contribution in [2.24, 2.45) is 0 Å². The molecule has 9 heteroatoms. The number of fused-ring (bicyclic) bond motifs is 1. The van der Waals surface area contributed by atoms with E-state index in [9.17, 15) is 0 Å². The van der Waals surface area contributed by atoms with Crippen LogP contribution in [0.2, 0.25) is 10.0 Å². The van der Waals surface area contributed by atoms with E-state index in [2.05, 4.69) is 5.10 Å². The van der Waals surface area contributed by atoms with E-state index in [-0.39, 0.29) is 11.6 Å². The molecule has 1 aliphatic rings. The van der Waals surface area contributed by atoms with Crippen LogP contribution in [0.15, 0.2) is 40.8 Å². The third-order valence-electron chi connectivity index (χ3n) is 4.06. The predicted molar refractivity (Wildman–Crippen MR) is 105 cm³/mol. The van der Waals surface area contributed by atoms with Crippen LogP contribution < -0.4 is 9.47 Å². The molecule has 4 rings (SSSR count). The van der Waals surface area contributed by atoms with Gasteiger partial charge in [0.15, 0.2) is 11.5 Å². The van der Waals surface area contributed by atoms with E-state index in [1.165, 1.54) is 0 Å². The topological polar surface area (TPSA) is 52.7 Å². The molecular formula is C18H15Cl2N3O3S. The second-order valence-corrected chi connectivity index (χ2v) is 7.32. The van der Waals surface area contributed by atoms with Crippen LogP contribution in [-0.4, -0.2) is 28.5 Å². The molecule has 0 fully saturated rings. The molecular weight excluding hydrogens is 409 g/mol. The van der Waals surface area contributed by atoms with Gasteiger partial charge in [-0.05, 0) is 55.2 Å². The quantitative estimate of drug-likeness (QED) is 0.538. The van der Waals surface area contributed by atoms with Gasteiger partial charge in [-0.15, -0.1) is 5.10 Å². The zero-order valence-corrected chi connectivity index (χ0v) is 16.6. The molecule has 0 spiro atoms. The molecule has 0 saturated carbocycles. The van der Waals surface area contributed by atoms with Gasteiger partial charge < -0.3 is 13.9 Å². The summed E-state index contributed by atoms with van der Waals surface area (Å²) in [5.74, 6) is 1.80. The lowest BCUT2D eigenvalue weighted by Crippen LogP contribution is -2.22. The zero-order valence-electron chi connectivity index (χ0n) is 14.3. The SMILES string of the molecule is CN(Cc1ccc(Cl)cc1Cl)Cn1nc(-c2ccc3c(c2)OCO3)oc1=S. The van der Waals surface area contributed by atoms with E-state index in [0.29, 0.717) is 40.6 Å². The van der Waals surface area contributed by atoms with Crippen LogP contribution in [0.5, 0.6) is 11.5 Å². The maximum Gasteiger partial charge on any atom is 0.288 e. The Morgan fingerprint density at radius 1 is 1.15 bits per heavy atom. The molecule has 0 bridgehead atoms. The number of halogens is 2. The van der Waals surface area contributed by atoms with Crippen molar-refractivity contribution in [2.75, 3.05) is 13.8 Å². The Labute approximate surface area is 170 Å². The molecule has 2 heterocycles. The van der Waals surface area contributed by atoms with E-state index >= 15 is 0 Å². The van der Waals surface area contributed by atoms with Crippen LogP contribution in [0.25, 0.3) is 11.5 Å². The number of hydrogen-bond acceptors (Lipinski definition) is 6. The van der Waals surface area contributed by atoms with Gasteiger partial charge in [0, 0.05) is 22.2 Å². The van der Waals surface area contributed by atoms with Crippen molar-refractivity contribution < 1.29 is 13.9 Å². The van der Waals surface area contributed by atoms with E-state index < -0.39 is 0 Å². The summed E-state index contributed by atoms with van der Waals surface area (Å²) in [5, 5.41) is 5.71. The van der Waals surface area contributed by atoms with Gasteiger partial charge in [-0.25, -0.2) is 4.68 Å². The highest BCUT2D eigenvalue weighted by Crippen LogP contribution is 2.35. The number of ether oxygens (including phenoxy) is 2. The highest BCUT2D eigenvalue weighted by molar-refractivity contribution is 7.71. The van der Waals surface area contributed by atoms with Gasteiger partial charge in [-0.2, -0.15) is 0 Å². The van der Waals surface area contributed by atoms with E-state index in [4.69, 9.17) is 49.3 Å². The van der Waals surface area contributed by atoms with Gasteiger partial charge in [0.05, 0.1) is 6.67 Å². The highest BCUT2D eigenvalue weighted by atomic mass is 35.5. The normalized spacial score (nSPS) is 12.7. The summed E-state index contributed by atoms with van der Waals surface area (Å²) in [6.45, 7) is 1.28. The van der Waals surface area contributed by atoms with E-state index in [1.54, 1.807) is 10.7 Å². The Morgan fingerprint density at radius 3 is 2.78 bits per heavy atom. The summed E-state index contributed by atoms with van der Waals surface area (Å²) in [6, 6.07) is 11.0. The van der Waals surface area contributed by atoms with Crippen molar-refractivity contribution in [1.82, 2.24) is 14.7 Å². The number of hydrogen-bond donors (Lipinski definition) is 0. The smallest absolute Gasteiger partial charge is 0.288 e. The second kappa shape index (κ2) is 7.52. The highest BCUT2D eigenvalue weighted by Gasteiger charge is 2.17. The molecule has 0 radical (unpaired) electrons. The van der Waals surface area contributed by atoms with Crippen LogP contribution >= 0.6 is 35.4 Å². The lowest BCUT2D eigenvalue weighted by molar-refractivity contribution is 0.174. The monoisotopic (exact) mass is 423 g/mol. The second-order valence-electron chi connectivity index (χ2n) is 6.13. The Morgan fingerprint density at radius 2 is 1.96 bits per heavy atom. The van der Waals surface area contributed by atoms with Crippen molar-refractivity contribution in [2.45, 2.75) is 13.2 Å². The van der Waals surface area contributed by atoms with E-state index in [1.807, 2.05) is 42.3 Å². The summed E-state index contributed by atoms with van der Waals surface area (Å²) in [7, 11) is 1.95. The molecule has 3 aromatic rings. The summed E-state index contributed by atoms with van der Waals surface area (Å²) < 4.78 is 18.0. The standard InChI is InChI=1S/C18H15Cl2N3O3S/c1-22(8-12-2-4-13(19)7-14(12)20)9-23-18(27)26-17(21-23)11-3-5-15-16(6-11)25-10-24-15/h2-7H,8-10H2,1H3. The average Bonchev–Trinajstić information content (AvgIpc) is 3.23. The minimum Gasteiger partial charge on any atom is -0.454 e. The fraction of sp³-hybridized carbons (Fsp3) is 0.222. The molecule has 0 N–H and O–H groups in total. The first-order valence-electron chi connectivity index (χ1n) is 8.10. The fourth-order valence-corrected chi connectivity index (χ4v) is 3.41. The first kappa shape index (κ1) is 18.3. The molecule has 0 saturated heterocycles. The molecule has 27 heavy (non-hydrogen) atoms. The molecule has 0 unspecified atom stereocenters. The fourth-order valence-electron chi connectivity index (χ4n) is 2.76. The van der Waals surface area contributed by atoms with Crippen LogP contribution in [0.1, 0.15) is 5.56 Å². The Hall–Kier alpha value is -2.06. The van der Waals surface area contributed by atoms with Gasteiger partial charge in [0.2, 0.25) is 12.7 Å². The molecule has 1 aromatic heterocycles. The lowest BCUT2D eigenvalue weighted by Gasteiger charge is -2.16. The van der Waals surface area contributed by atoms with Crippen molar-refractivity contribution in [3.8, 4) is 23.0 Å². The van der Waals surface area contributed by atoms with Crippen LogP contribution in [0.3, 0.4) is 0 Å². The molecule has 2 aromatic carbocycles. The van der Waals surface area contributed by atoms with Crippen LogP contribution in [0.4, 0.5) is 0 Å². The summed E-state index contributed by atoms with van der Waals surface area (Å²) in [5.41, 5.74) is 1.74. The number of rotatable bonds is 5. The summed E-state index contributed by atoms with van der Waals surface area (Å²) in [4.78, 5) is 2.31. The van der Waals surface area contributed by atoms with E-state index in [0.717, 1.165) is 11.1 Å². The van der Waals surface area contributed by atoms with Gasteiger partial charge in [-0.1, -0.05) is 29.3 Å². The van der Waals surface area contributed by atoms with Gasteiger partial charge in [0.25, 0.3) is 4.84 Å². The van der Waals surface area contributed by atoms with Crippen molar-refractivity contribution in [3.63, 3.8) is 0 Å². The number of aromatic nitrogens is 2. The maximum atomic E-state index is 6.24. The first-order valence-corrected chi connectivity index (χ1v) is 9.26. The van der Waals surface area contributed by atoms with Crippen molar-refractivity contribution in [1.29, 1.82) is 0 Å². The summed E-state index contributed by atoms with van der Waals surface area (Å²) >= 11 is 17.5. The molecule has 0 atom stereocenters. The minimum atomic E-state index is 0.217. The van der Waals surface area contributed by atoms with Gasteiger partial charge in [-0.3, -0.25) is 4.90 Å². The molecule has 0 aliphatic carbocycles. The van der Waals surface area contributed by atoms with Crippen molar-refractivity contribution >= 4 is 35.4 Å². The largest absolute Gasteiger partial charge is 0.454 e. The Kier molecular flexibility index (Phi) is 5.10. The van der Waals surface area contributed by atoms with Gasteiger partial charge >= 0.3 is 0 Å². The molecule has 6 nitrogen and oxygen atoms in total. The third kappa shape index (κ3) is 3.96. The average molecular weight is 424 g/mol. The molecule has 0 amide bonds. The number of nitrogens with zero attached hydrogens (tertiary/aromatic N) is 3. The first-order chi connectivity index (χ1) is 13.0. The van der Waals surface area contributed by atoms with Crippen LogP contribution in [0, 0.1) is 4.84 Å². The number of benzene rings is 2. The molecule has 1 aliphatic heterocycles. The third-order valence-corrected chi connectivity index (χ3v) is 4.94. The minimum absolute atomic E-state index is 0.217. The Bertz CT molecular complexity index is 1050. The summed E-state index contributed by atoms with van der Waals surface area (Å²) in [6.07, 6.45) is 0. The Balaban J connectivity index is 1.50. The zero-order chi connectivity index (χ0) is 19.0. The predicted octanol–water partition coefficient (Wildman–Crippen LogP) is 5.00. The van der Waals surface area contributed by atoms with Gasteiger partial charge in [0.1, 0.15) is 0 Å².